The van der Waals surface area contributed by atoms with Crippen molar-refractivity contribution in [3.8, 4) is 100 Å². The second-order valence-corrected chi connectivity index (χ2v) is 29.5. The minimum absolute atomic E-state index is 0.528. The molecule has 0 fully saturated rings. The molecule has 0 saturated carbocycles. The van der Waals surface area contributed by atoms with Crippen molar-refractivity contribution in [1.29, 1.82) is 0 Å². The van der Waals surface area contributed by atoms with Crippen LogP contribution in [0.25, 0.3) is 273 Å². The van der Waals surface area contributed by atoms with Gasteiger partial charge in [0, 0.05) is 0 Å². The van der Waals surface area contributed by atoms with E-state index in [4.69, 9.17) is 72.7 Å². The van der Waals surface area contributed by atoms with Gasteiger partial charge in [0.1, 0.15) is 0 Å². The average molecular weight is 1810 g/mol. The third-order valence-electron chi connectivity index (χ3n) is 22.0. The summed E-state index contributed by atoms with van der Waals surface area (Å²) < 4.78 is 777. The molecule has 0 aliphatic rings. The SMILES string of the molecule is [2H]c1c([2H])c([2H])c(-c2c([2H])c([2H])c3c(-c4c([2H])c([2H])c5c([2H])c([2H])c([2H])c([2H])c5c4[2H])c4c([2H])c([2H])c([2H])c([2H])c4c(-c4c([2H])c([2H])c5c(c4[2H])c([2H])c([2H])c4c([2H])c([2H])c([2H])c([2H])c45)c3c2[2H])c([2H])c1[2H].[2H]c1c([2H])c([2H])c(-c2c([2H])c([2H])c3c(-c4c([2H])c([2H])c5c(c4[2H])c([2H])c([2H])c4c([2H])c([2H])c([2H])c([2H])c45)c4c([2H])c([2H])c([2H])c([2H])c4c(-c4c([2H])c([2H])c5c([2H])c([2H])c([2H])c([2H])c5c4[2H])c3c2[2H])c([2H])c1[2H].[2H]c1c([2H])c([2H])c2c([2H])c(-c3c4c([2H])c([2H])c([2H])c([2H])c4c(-c4c([2H])c([2H])c5c(c4[2H])c([2H])c([2H])c4c([2H])c([2H])c([2H])c([2H])c45)c4c([2H])c([2H])c(-c5c([2H])c([2H])c([2H])c6c([2H])c([2H])c([2H])c([2H])c56)c([2H])c34)c([2H])c([2H])c2c1[2H]. The van der Waals surface area contributed by atoms with Crippen LogP contribution in [-0.2, 0) is 0 Å². The zero-order valence-electron chi connectivity index (χ0n) is 154. The van der Waals surface area contributed by atoms with Gasteiger partial charge in [0.25, 0.3) is 0 Å². The van der Waals surface area contributed by atoms with E-state index in [-0.39, 0.29) is 0 Å². The van der Waals surface area contributed by atoms with E-state index in [0.717, 1.165) is 0 Å². The maximum atomic E-state index is 10.3. The van der Waals surface area contributed by atoms with Crippen LogP contribution >= 0.6 is 0 Å². The Morgan fingerprint density at radius 2 is 0.279 bits per heavy atom. The van der Waals surface area contributed by atoms with Gasteiger partial charge in [0.05, 0.1) is 118 Å². The number of hydrogen-bond acceptors (Lipinski definition) is 0. The fourth-order valence-corrected chi connectivity index (χ4v) is 16.1. The predicted octanol–water partition coefficient (Wildman–Crippen LogP) is 38.5. The van der Waals surface area contributed by atoms with Crippen LogP contribution in [0.1, 0.15) is 118 Å². The molecule has 0 nitrogen and oxygen atoms in total. The first-order valence-electron chi connectivity index (χ1n) is 83.2. The molecule has 0 N–H and O–H groups in total. The van der Waals surface area contributed by atoms with Crippen LogP contribution in [0.15, 0.2) is 520 Å². The molecule has 0 spiro atoms. The highest BCUT2D eigenvalue weighted by molar-refractivity contribution is 6.27. The monoisotopic (exact) mass is 1810 g/mol. The molecule has 28 aromatic rings. The molecule has 0 heterocycles. The molecule has 0 aromatic heterocycles. The lowest BCUT2D eigenvalue weighted by Crippen LogP contribution is -1.92. The topological polar surface area (TPSA) is 0 Å². The number of rotatable bonds is 9. The Kier molecular flexibility index (Phi) is 7.58. The van der Waals surface area contributed by atoms with Gasteiger partial charge in [0.2, 0.25) is 0 Å². The van der Waals surface area contributed by atoms with Crippen molar-refractivity contribution in [2.75, 3.05) is 0 Å². The maximum absolute atomic E-state index is 10.3. The summed E-state index contributed by atoms with van der Waals surface area (Å²) in [4.78, 5) is 0. The van der Waals surface area contributed by atoms with E-state index in [1.54, 1.807) is 0 Å². The summed E-state index contributed by atoms with van der Waals surface area (Å²) in [5.74, 6) is 0. The minimum atomic E-state index is -1.16. The minimum Gasteiger partial charge on any atom is -0.0622 e. The van der Waals surface area contributed by atoms with Gasteiger partial charge in [-0.25, -0.2) is 0 Å². The van der Waals surface area contributed by atoms with E-state index < -0.39 is 792 Å². The lowest BCUT2D eigenvalue weighted by atomic mass is 9.84. The van der Waals surface area contributed by atoms with Crippen LogP contribution in [0.5, 0.6) is 0 Å². The van der Waals surface area contributed by atoms with Gasteiger partial charge in [-0.15, -0.1) is 0 Å². The zero-order valence-corrected chi connectivity index (χ0v) is 68.0. The third kappa shape index (κ3) is 13.8. The molecule has 0 bridgehead atoms. The molecular weight excluding hydrogens is 1630 g/mol. The maximum Gasteiger partial charge on any atom is 0.0636 e. The quantitative estimate of drug-likeness (QED) is 0.0998. The number of fused-ring (bicyclic) bond motifs is 19. The van der Waals surface area contributed by atoms with Crippen molar-refractivity contribution in [2.24, 2.45) is 0 Å². The van der Waals surface area contributed by atoms with Gasteiger partial charge in [-0.1, -0.05) is 465 Å². The highest BCUT2D eigenvalue weighted by Crippen LogP contribution is 2.52. The first-order chi connectivity index (χ1) is 103. The van der Waals surface area contributed by atoms with Gasteiger partial charge in [-0.2, -0.15) is 0 Å². The summed E-state index contributed by atoms with van der Waals surface area (Å²) in [5, 5.41) is -22.4. The molecule has 0 unspecified atom stereocenters. The molecule has 0 aliphatic carbocycles. The van der Waals surface area contributed by atoms with E-state index in [2.05, 4.69) is 0 Å². The zero-order chi connectivity index (χ0) is 165. The van der Waals surface area contributed by atoms with Gasteiger partial charge < -0.3 is 0 Å². The second kappa shape index (κ2) is 33.3. The van der Waals surface area contributed by atoms with E-state index in [1.807, 2.05) is 0 Å². The summed E-state index contributed by atoms with van der Waals surface area (Å²) in [6.07, 6.45) is 0. The summed E-state index contributed by atoms with van der Waals surface area (Å²) in [7, 11) is 0. The molecule has 0 amide bonds. The molecule has 0 atom stereocenters. The van der Waals surface area contributed by atoms with E-state index in [0.29, 0.717) is 0 Å². The summed E-state index contributed by atoms with van der Waals surface area (Å²) in [5.41, 5.74) is -15.3. The normalized spacial score (nSPS) is 20.5. The third-order valence-corrected chi connectivity index (χ3v) is 22.0. The Labute approximate surface area is 909 Å². The van der Waals surface area contributed by atoms with Crippen LogP contribution in [0, 0.1) is 0 Å². The lowest BCUT2D eigenvalue weighted by Gasteiger charge is -2.19. The van der Waals surface area contributed by atoms with Crippen LogP contribution in [-0.4, -0.2) is 0 Å². The largest absolute Gasteiger partial charge is 0.0636 e. The lowest BCUT2D eigenvalue weighted by molar-refractivity contribution is 1.64. The van der Waals surface area contributed by atoms with E-state index in [9.17, 15) is 45.2 Å². The van der Waals surface area contributed by atoms with Crippen LogP contribution in [0.4, 0.5) is 0 Å². The molecule has 0 aliphatic heterocycles. The van der Waals surface area contributed by atoms with Gasteiger partial charge in [-0.3, -0.25) is 0 Å². The Hall–Kier alpha value is -17.7. The molecule has 630 valence electrons. The summed E-state index contributed by atoms with van der Waals surface area (Å²) in [6.45, 7) is 0. The fourth-order valence-electron chi connectivity index (χ4n) is 16.1. The van der Waals surface area contributed by atoms with Crippen molar-refractivity contribution in [3.63, 3.8) is 0 Å². The Morgan fingerprint density at radius 1 is 0.0882 bits per heavy atom. The second-order valence-electron chi connectivity index (χ2n) is 29.5. The van der Waals surface area contributed by atoms with Crippen molar-refractivity contribution in [1.82, 2.24) is 0 Å². The summed E-state index contributed by atoms with van der Waals surface area (Å²) in [6, 6.07) is -82.4. The first kappa shape index (κ1) is 31.0. The molecular formula is C136H86. The van der Waals surface area contributed by atoms with Crippen molar-refractivity contribution in [3.05, 3.63) is 520 Å². The molecule has 28 rings (SSSR count). The van der Waals surface area contributed by atoms with Crippen molar-refractivity contribution < 1.29 is 118 Å². The predicted molar refractivity (Wildman–Crippen MR) is 588 cm³/mol. The van der Waals surface area contributed by atoms with Crippen LogP contribution in [0.2, 0.25) is 0 Å². The average Bonchev–Trinajstić information content (AvgIpc) is 0.684. The smallest absolute Gasteiger partial charge is 0.0622 e. The van der Waals surface area contributed by atoms with Crippen LogP contribution in [0.3, 0.4) is 0 Å². The van der Waals surface area contributed by atoms with Crippen LogP contribution < -0.4 is 0 Å². The Morgan fingerprint density at radius 3 is 0.610 bits per heavy atom. The van der Waals surface area contributed by atoms with Crippen molar-refractivity contribution >= 4 is 172 Å². The van der Waals surface area contributed by atoms with Gasteiger partial charge >= 0.3 is 0 Å². The first-order valence-corrected chi connectivity index (χ1v) is 40.2. The van der Waals surface area contributed by atoms with Gasteiger partial charge in [0.15, 0.2) is 0 Å². The fraction of sp³-hybridized carbons (Fsp3) is 0. The highest BCUT2D eigenvalue weighted by Gasteiger charge is 2.24. The molecule has 28 aromatic carbocycles. The number of benzene rings is 28. The standard InChI is InChI=1S/C48H30.2C44H28/c1-2-13-34-28-37(23-20-31(34)10-1)48-44-18-8-7-17-43(44)47(38-25-26-42-35(29-38)22-21-33-12-4-6-16-40(33)42)45-27-24-36(30-46(45)48)41-19-9-14-32-11-3-5-15-39(32)41;1-2-10-29(11-3-1)33-22-25-41-42(28-33)44(35-21-18-30-12-4-5-14-32(30)26-35)40-17-9-8-16-39(40)43(41)36-23-24-38-34(27-36)20-19-31-13-6-7-15-37(31)38;1-2-10-29(11-3-1)33-22-25-41-42(28-33)44(36-23-24-38-34(27-36)20-19-31-13-6-7-15-37(31)38)40-17-9-8-16-39(40)43(41)35-21-18-30-12-4-5-14-32(30)26-35/h1-30H;2*1-28H/i1D,2D,3D,4D,5D,6D,7D,8D,9D,10D,11D,12D,13D,14D,15D,16D,17D,18D,19D,20D,21D,22D,23D,24D,25D,26D,27D,28D,29D,30D;2*1D,2D,3D,4D,5D,6D,7D,8D,9D,10D,11D,12D,13D,14D,15D,16D,17D,18D,19D,20D,21D,22D,23D,24D,25D,26D,27D,28D. The van der Waals surface area contributed by atoms with Crippen molar-refractivity contribution in [2.45, 2.75) is 0 Å². The Bertz CT molecular complexity index is 15400. The molecule has 0 saturated heterocycles. The summed E-state index contributed by atoms with van der Waals surface area (Å²) >= 11 is 0. The number of hydrogen-bond donors (Lipinski definition) is 0. The van der Waals surface area contributed by atoms with Gasteiger partial charge in [-0.05, 0) is 327 Å². The molecule has 0 radical (unpaired) electrons. The van der Waals surface area contributed by atoms with E-state index in [1.165, 1.54) is 0 Å². The Balaban J connectivity index is 0.000000153. The van der Waals surface area contributed by atoms with E-state index >= 15 is 0 Å². The molecule has 136 heavy (non-hydrogen) atoms. The molecule has 0 heteroatoms. The highest BCUT2D eigenvalue weighted by atomic mass is 14.3.